The van der Waals surface area contributed by atoms with Crippen LogP contribution < -0.4 is 17.0 Å². The number of hydrogen-bond donors (Lipinski definition) is 1. The van der Waals surface area contributed by atoms with Crippen molar-refractivity contribution in [1.82, 2.24) is 9.13 Å². The van der Waals surface area contributed by atoms with Gasteiger partial charge in [-0.1, -0.05) is 43.6 Å². The number of benzene rings is 1. The maximum Gasteiger partial charge on any atom is 0.332 e. The van der Waals surface area contributed by atoms with Gasteiger partial charge in [0.2, 0.25) is 5.78 Å². The second-order valence-corrected chi connectivity index (χ2v) is 7.17. The van der Waals surface area contributed by atoms with Crippen molar-refractivity contribution in [2.45, 2.75) is 26.8 Å². The Bertz CT molecular complexity index is 1020. The lowest BCUT2D eigenvalue weighted by molar-refractivity contribution is -0.141. The van der Waals surface area contributed by atoms with Gasteiger partial charge in [-0.25, -0.2) is 4.79 Å². The minimum Gasteiger partial charge on any atom is -0.457 e. The van der Waals surface area contributed by atoms with Crippen LogP contribution in [0, 0.1) is 5.92 Å². The molecule has 0 spiro atoms. The molecule has 8 nitrogen and oxygen atoms in total. The van der Waals surface area contributed by atoms with Crippen molar-refractivity contribution < 1.29 is 14.3 Å². The zero-order chi connectivity index (χ0) is 21.0. The number of carbonyl (C=O) groups excluding carboxylic acids is 2. The molecule has 0 radical (unpaired) electrons. The van der Waals surface area contributed by atoms with Crippen LogP contribution in [0.25, 0.3) is 0 Å². The van der Waals surface area contributed by atoms with Crippen LogP contribution in [0.5, 0.6) is 0 Å². The standard InChI is InChI=1S/C19H22ClN3O5/c1-11(2)9-23-17(21)16(18(26)22(3)19(23)27)14(24)10-28-15(25)8-12-6-4-5-7-13(12)20/h4-7,11H,8-10,21H2,1-3H3. The van der Waals surface area contributed by atoms with Crippen LogP contribution in [0.15, 0.2) is 33.9 Å². The number of nitrogens with zero attached hydrogens (tertiary/aromatic N) is 2. The molecule has 0 fully saturated rings. The molecular weight excluding hydrogens is 386 g/mol. The fraction of sp³-hybridized carbons (Fsp3) is 0.368. The Balaban J connectivity index is 2.21. The van der Waals surface area contributed by atoms with Crippen molar-refractivity contribution in [3.63, 3.8) is 0 Å². The summed E-state index contributed by atoms with van der Waals surface area (Å²) in [4.78, 5) is 49.1. The number of Topliss-reactive ketones (excluding diaryl/α,β-unsaturated/α-hetero) is 1. The third-order valence-electron chi connectivity index (χ3n) is 4.07. The highest BCUT2D eigenvalue weighted by Gasteiger charge is 2.23. The summed E-state index contributed by atoms with van der Waals surface area (Å²) >= 11 is 5.99. The van der Waals surface area contributed by atoms with Crippen LogP contribution >= 0.6 is 11.6 Å². The molecule has 0 bridgehead atoms. The molecule has 1 aromatic heterocycles. The minimum absolute atomic E-state index is 0.0638. The van der Waals surface area contributed by atoms with E-state index < -0.39 is 29.6 Å². The molecule has 2 rings (SSSR count). The van der Waals surface area contributed by atoms with E-state index in [1.165, 1.54) is 11.6 Å². The highest BCUT2D eigenvalue weighted by Crippen LogP contribution is 2.16. The molecule has 1 aromatic carbocycles. The Morgan fingerprint density at radius 1 is 1.21 bits per heavy atom. The van der Waals surface area contributed by atoms with E-state index in [0.717, 1.165) is 4.57 Å². The number of esters is 1. The van der Waals surface area contributed by atoms with Crippen LogP contribution in [0.1, 0.15) is 29.8 Å². The molecule has 28 heavy (non-hydrogen) atoms. The first kappa shape index (κ1) is 21.4. The molecule has 0 unspecified atom stereocenters. The maximum absolute atomic E-state index is 12.5. The zero-order valence-electron chi connectivity index (χ0n) is 15.9. The van der Waals surface area contributed by atoms with Gasteiger partial charge in [0.05, 0.1) is 6.42 Å². The van der Waals surface area contributed by atoms with Gasteiger partial charge in [-0.15, -0.1) is 0 Å². The molecule has 0 aliphatic rings. The van der Waals surface area contributed by atoms with Gasteiger partial charge in [-0.3, -0.25) is 23.5 Å². The highest BCUT2D eigenvalue weighted by molar-refractivity contribution is 6.31. The molecule has 9 heteroatoms. The average molecular weight is 408 g/mol. The Morgan fingerprint density at radius 3 is 2.46 bits per heavy atom. The minimum atomic E-state index is -0.824. The van der Waals surface area contributed by atoms with Gasteiger partial charge in [0.1, 0.15) is 11.4 Å². The SMILES string of the molecule is CC(C)Cn1c(N)c(C(=O)COC(=O)Cc2ccccc2Cl)c(=O)n(C)c1=O. The quantitative estimate of drug-likeness (QED) is 0.548. The van der Waals surface area contributed by atoms with Crippen molar-refractivity contribution in [3.8, 4) is 0 Å². The van der Waals surface area contributed by atoms with Crippen LogP contribution in [-0.2, 0) is 29.5 Å². The summed E-state index contributed by atoms with van der Waals surface area (Å²) in [6.07, 6.45) is -0.118. The molecule has 1 heterocycles. The molecule has 0 aliphatic carbocycles. The largest absolute Gasteiger partial charge is 0.457 e. The fourth-order valence-corrected chi connectivity index (χ4v) is 2.86. The van der Waals surface area contributed by atoms with Crippen LogP contribution in [-0.4, -0.2) is 27.5 Å². The predicted molar refractivity (Wildman–Crippen MR) is 106 cm³/mol. The van der Waals surface area contributed by atoms with Crippen LogP contribution in [0.2, 0.25) is 5.02 Å². The Hall–Kier alpha value is -2.87. The van der Waals surface area contributed by atoms with Crippen molar-refractivity contribution in [2.75, 3.05) is 12.3 Å². The van der Waals surface area contributed by atoms with E-state index in [4.69, 9.17) is 22.1 Å². The lowest BCUT2D eigenvalue weighted by Crippen LogP contribution is -2.43. The van der Waals surface area contributed by atoms with Crippen LogP contribution in [0.3, 0.4) is 0 Å². The van der Waals surface area contributed by atoms with Crippen molar-refractivity contribution in [2.24, 2.45) is 13.0 Å². The van der Waals surface area contributed by atoms with Gasteiger partial charge in [-0.05, 0) is 17.5 Å². The van der Waals surface area contributed by atoms with Gasteiger partial charge in [-0.2, -0.15) is 0 Å². The molecule has 0 saturated carbocycles. The number of halogens is 1. The summed E-state index contributed by atoms with van der Waals surface area (Å²) in [6, 6.07) is 6.76. The number of nitrogens with two attached hydrogens (primary N) is 1. The Kier molecular flexibility index (Phi) is 6.80. The molecule has 0 aliphatic heterocycles. The molecule has 2 aromatic rings. The van der Waals surface area contributed by atoms with Gasteiger partial charge in [0.25, 0.3) is 5.56 Å². The van der Waals surface area contributed by atoms with Crippen LogP contribution in [0.4, 0.5) is 5.82 Å². The number of anilines is 1. The van der Waals surface area contributed by atoms with E-state index in [-0.39, 0.29) is 30.3 Å². The van der Waals surface area contributed by atoms with E-state index in [0.29, 0.717) is 10.6 Å². The number of ketones is 1. The molecular formula is C19H22ClN3O5. The normalized spacial score (nSPS) is 10.9. The summed E-state index contributed by atoms with van der Waals surface area (Å²) in [5.41, 5.74) is 4.68. The Morgan fingerprint density at radius 2 is 1.86 bits per heavy atom. The summed E-state index contributed by atoms with van der Waals surface area (Å²) in [5, 5.41) is 0.407. The second kappa shape index (κ2) is 8.88. The van der Waals surface area contributed by atoms with E-state index in [9.17, 15) is 19.2 Å². The van der Waals surface area contributed by atoms with E-state index >= 15 is 0 Å². The highest BCUT2D eigenvalue weighted by atomic mass is 35.5. The van der Waals surface area contributed by atoms with Gasteiger partial charge >= 0.3 is 11.7 Å². The van der Waals surface area contributed by atoms with Gasteiger partial charge < -0.3 is 10.5 Å². The molecule has 2 N–H and O–H groups in total. The lowest BCUT2D eigenvalue weighted by atomic mass is 10.1. The first-order valence-electron chi connectivity index (χ1n) is 8.65. The molecule has 0 atom stereocenters. The smallest absolute Gasteiger partial charge is 0.332 e. The van der Waals surface area contributed by atoms with Crippen molar-refractivity contribution >= 4 is 29.2 Å². The van der Waals surface area contributed by atoms with Crippen molar-refractivity contribution in [3.05, 3.63) is 61.3 Å². The molecule has 0 amide bonds. The lowest BCUT2D eigenvalue weighted by Gasteiger charge is -2.16. The van der Waals surface area contributed by atoms with Gasteiger partial charge in [0.15, 0.2) is 6.61 Å². The summed E-state index contributed by atoms with van der Waals surface area (Å²) in [6.45, 7) is 3.32. The second-order valence-electron chi connectivity index (χ2n) is 6.76. The first-order valence-corrected chi connectivity index (χ1v) is 9.02. The summed E-state index contributed by atoms with van der Waals surface area (Å²) < 4.78 is 6.97. The predicted octanol–water partition coefficient (Wildman–Crippen LogP) is 1.41. The van der Waals surface area contributed by atoms with Crippen molar-refractivity contribution in [1.29, 1.82) is 0 Å². The fourth-order valence-electron chi connectivity index (χ4n) is 2.65. The monoisotopic (exact) mass is 407 g/mol. The summed E-state index contributed by atoms with van der Waals surface area (Å²) in [7, 11) is 1.27. The van der Waals surface area contributed by atoms with Gasteiger partial charge in [0, 0.05) is 18.6 Å². The third-order valence-corrected chi connectivity index (χ3v) is 4.44. The number of hydrogen-bond acceptors (Lipinski definition) is 6. The number of aromatic nitrogens is 2. The number of carbonyl (C=O) groups is 2. The van der Waals surface area contributed by atoms with E-state index in [1.807, 2.05) is 13.8 Å². The molecule has 150 valence electrons. The first-order chi connectivity index (χ1) is 13.1. The number of ether oxygens (including phenoxy) is 1. The Labute approximate surface area is 166 Å². The number of nitrogen functional groups attached to an aromatic ring is 1. The zero-order valence-corrected chi connectivity index (χ0v) is 16.7. The van der Waals surface area contributed by atoms with E-state index in [1.54, 1.807) is 24.3 Å². The summed E-state index contributed by atoms with van der Waals surface area (Å²) in [5.74, 6) is -1.61. The van der Waals surface area contributed by atoms with E-state index in [2.05, 4.69) is 0 Å². The topological polar surface area (TPSA) is 113 Å². The maximum atomic E-state index is 12.5. The number of rotatable bonds is 7. The third kappa shape index (κ3) is 4.69. The molecule has 0 saturated heterocycles. The average Bonchev–Trinajstić information content (AvgIpc) is 2.64.